The molecule has 0 saturated carbocycles. The molecule has 0 bridgehead atoms. The molecule has 5 nitrogen and oxygen atoms in total. The Labute approximate surface area is 80.3 Å². The molecule has 4 N–H and O–H groups in total. The van der Waals surface area contributed by atoms with Gasteiger partial charge in [0.1, 0.15) is 29.9 Å². The van der Waals surface area contributed by atoms with E-state index in [-0.39, 0.29) is 6.61 Å². The molecule has 1 saturated heterocycles. The molecule has 0 aromatic carbocycles. The summed E-state index contributed by atoms with van der Waals surface area (Å²) in [5.41, 5.74) is -0.601. The van der Waals surface area contributed by atoms with Crippen LogP contribution in [0.4, 0.5) is 0 Å². The predicted molar refractivity (Wildman–Crippen MR) is 47.3 cm³/mol. The lowest BCUT2D eigenvalue weighted by Gasteiger charge is -2.39. The van der Waals surface area contributed by atoms with E-state index in [1.807, 2.05) is 0 Å². The normalized spacial score (nSPS) is 46.4. The third-order valence-electron chi connectivity index (χ3n) is 2.08. The largest absolute Gasteiger partial charge is 0.394 e. The molecule has 0 spiro atoms. The van der Waals surface area contributed by atoms with Crippen molar-refractivity contribution in [1.29, 1.82) is 0 Å². The maximum atomic E-state index is 9.38. The zero-order valence-electron chi connectivity index (χ0n) is 7.20. The highest BCUT2D eigenvalue weighted by molar-refractivity contribution is 7.99. The fraction of sp³-hybridized carbons (Fsp3) is 1.00. The Morgan fingerprint density at radius 1 is 1.15 bits per heavy atom. The molecule has 0 aromatic rings. The van der Waals surface area contributed by atoms with Crippen molar-refractivity contribution in [2.45, 2.75) is 29.9 Å². The summed E-state index contributed by atoms with van der Waals surface area (Å²) in [5.74, 6) is 0. The minimum Gasteiger partial charge on any atom is -0.394 e. The topological polar surface area (TPSA) is 90.2 Å². The molecule has 5 atom stereocenters. The summed E-state index contributed by atoms with van der Waals surface area (Å²) >= 11 is 1.22. The van der Waals surface area contributed by atoms with Gasteiger partial charge in [-0.15, -0.1) is 11.8 Å². The van der Waals surface area contributed by atoms with E-state index in [9.17, 15) is 15.3 Å². The second kappa shape index (κ2) is 4.59. The number of ether oxygens (including phenoxy) is 1. The van der Waals surface area contributed by atoms with Gasteiger partial charge in [0.15, 0.2) is 0 Å². The molecular formula is C7H14O5S. The lowest BCUT2D eigenvalue weighted by molar-refractivity contribution is -0.205. The molecule has 1 fully saturated rings. The van der Waals surface area contributed by atoms with Gasteiger partial charge >= 0.3 is 0 Å². The van der Waals surface area contributed by atoms with E-state index in [0.717, 1.165) is 0 Å². The van der Waals surface area contributed by atoms with Crippen molar-refractivity contribution in [2.75, 3.05) is 12.9 Å². The summed E-state index contributed by atoms with van der Waals surface area (Å²) in [7, 11) is 0. The van der Waals surface area contributed by atoms with Crippen molar-refractivity contribution < 1.29 is 25.2 Å². The first-order valence-electron chi connectivity index (χ1n) is 3.95. The highest BCUT2D eigenvalue weighted by Gasteiger charge is 2.42. The summed E-state index contributed by atoms with van der Waals surface area (Å²) in [5, 5.41) is 36.8. The average molecular weight is 210 g/mol. The van der Waals surface area contributed by atoms with E-state index >= 15 is 0 Å². The first kappa shape index (κ1) is 11.2. The van der Waals surface area contributed by atoms with Gasteiger partial charge in [0.25, 0.3) is 0 Å². The van der Waals surface area contributed by atoms with Gasteiger partial charge in [-0.05, 0) is 6.26 Å². The van der Waals surface area contributed by atoms with E-state index in [1.165, 1.54) is 11.8 Å². The molecule has 2 unspecified atom stereocenters. The summed E-state index contributed by atoms with van der Waals surface area (Å²) in [6.45, 7) is -0.373. The molecule has 1 aliphatic rings. The Morgan fingerprint density at radius 3 is 2.23 bits per heavy atom. The lowest BCUT2D eigenvalue weighted by Crippen LogP contribution is -2.57. The van der Waals surface area contributed by atoms with Crippen LogP contribution in [0.5, 0.6) is 0 Å². The quantitative estimate of drug-likeness (QED) is 0.428. The SMILES string of the molecule is CSC1OC(CO)[C@H](O)[C@H](O)[C@@H]1O. The van der Waals surface area contributed by atoms with Crippen molar-refractivity contribution in [2.24, 2.45) is 0 Å². The van der Waals surface area contributed by atoms with Crippen LogP contribution in [0.15, 0.2) is 0 Å². The van der Waals surface area contributed by atoms with E-state index < -0.39 is 29.9 Å². The van der Waals surface area contributed by atoms with E-state index in [4.69, 9.17) is 9.84 Å². The lowest BCUT2D eigenvalue weighted by atomic mass is 10.0. The fourth-order valence-electron chi connectivity index (χ4n) is 1.26. The smallest absolute Gasteiger partial charge is 0.132 e. The Balaban J connectivity index is 2.66. The molecule has 0 aromatic heterocycles. The van der Waals surface area contributed by atoms with Crippen LogP contribution in [-0.4, -0.2) is 63.1 Å². The third-order valence-corrected chi connectivity index (χ3v) is 2.94. The van der Waals surface area contributed by atoms with Gasteiger partial charge in [0, 0.05) is 0 Å². The molecule has 0 aliphatic carbocycles. The van der Waals surface area contributed by atoms with Gasteiger partial charge in [-0.3, -0.25) is 0 Å². The Morgan fingerprint density at radius 2 is 1.77 bits per heavy atom. The number of hydrogen-bond acceptors (Lipinski definition) is 6. The first-order chi connectivity index (χ1) is 6.11. The number of aliphatic hydroxyl groups is 4. The Hall–Kier alpha value is 0.150. The highest BCUT2D eigenvalue weighted by atomic mass is 32.2. The van der Waals surface area contributed by atoms with E-state index in [2.05, 4.69) is 0 Å². The standard InChI is InChI=1S/C7H14O5S/c1-13-7-6(11)5(10)4(9)3(2-8)12-7/h3-11H,2H2,1H3/t3?,4-,5-,6-,7?/m0/s1. The Bertz CT molecular complexity index is 147. The van der Waals surface area contributed by atoms with Crippen LogP contribution in [0.25, 0.3) is 0 Å². The molecule has 13 heavy (non-hydrogen) atoms. The van der Waals surface area contributed by atoms with Gasteiger partial charge in [-0.1, -0.05) is 0 Å². The van der Waals surface area contributed by atoms with Crippen LogP contribution < -0.4 is 0 Å². The molecule has 78 valence electrons. The molecule has 1 aliphatic heterocycles. The summed E-state index contributed by atoms with van der Waals surface area (Å²) in [4.78, 5) is 0. The zero-order chi connectivity index (χ0) is 10.0. The Kier molecular flexibility index (Phi) is 3.96. The molecule has 6 heteroatoms. The summed E-state index contributed by atoms with van der Waals surface area (Å²) in [6.07, 6.45) is -2.72. The van der Waals surface area contributed by atoms with Gasteiger partial charge in [0.05, 0.1) is 6.61 Å². The summed E-state index contributed by atoms with van der Waals surface area (Å²) < 4.78 is 5.13. The van der Waals surface area contributed by atoms with Crippen molar-refractivity contribution >= 4 is 11.8 Å². The van der Waals surface area contributed by atoms with Gasteiger partial charge < -0.3 is 25.2 Å². The van der Waals surface area contributed by atoms with E-state index in [1.54, 1.807) is 6.26 Å². The van der Waals surface area contributed by atoms with Crippen LogP contribution in [0.2, 0.25) is 0 Å². The highest BCUT2D eigenvalue weighted by Crippen LogP contribution is 2.26. The van der Waals surface area contributed by atoms with Crippen LogP contribution in [-0.2, 0) is 4.74 Å². The number of rotatable bonds is 2. The minimum absolute atomic E-state index is 0.373. The summed E-state index contributed by atoms with van der Waals surface area (Å²) in [6, 6.07) is 0. The van der Waals surface area contributed by atoms with Crippen molar-refractivity contribution in [3.63, 3.8) is 0 Å². The van der Waals surface area contributed by atoms with Crippen LogP contribution in [0.1, 0.15) is 0 Å². The van der Waals surface area contributed by atoms with Crippen LogP contribution in [0, 0.1) is 0 Å². The monoisotopic (exact) mass is 210 g/mol. The third kappa shape index (κ3) is 2.15. The van der Waals surface area contributed by atoms with Crippen molar-refractivity contribution in [3.8, 4) is 0 Å². The zero-order valence-corrected chi connectivity index (χ0v) is 8.02. The first-order valence-corrected chi connectivity index (χ1v) is 5.24. The fourth-order valence-corrected chi connectivity index (χ4v) is 1.96. The number of hydrogen-bond donors (Lipinski definition) is 4. The van der Waals surface area contributed by atoms with Gasteiger partial charge in [0.2, 0.25) is 0 Å². The van der Waals surface area contributed by atoms with Gasteiger partial charge in [-0.25, -0.2) is 0 Å². The molecule has 0 amide bonds. The maximum absolute atomic E-state index is 9.38. The van der Waals surface area contributed by atoms with Crippen LogP contribution in [0.3, 0.4) is 0 Å². The molecule has 1 heterocycles. The van der Waals surface area contributed by atoms with E-state index in [0.29, 0.717) is 0 Å². The maximum Gasteiger partial charge on any atom is 0.132 e. The number of aliphatic hydroxyl groups excluding tert-OH is 4. The minimum atomic E-state index is -1.26. The van der Waals surface area contributed by atoms with Crippen LogP contribution >= 0.6 is 11.8 Å². The second-order valence-electron chi connectivity index (χ2n) is 2.93. The van der Waals surface area contributed by atoms with Crippen molar-refractivity contribution in [3.05, 3.63) is 0 Å². The number of thioether (sulfide) groups is 1. The molecule has 0 radical (unpaired) electrons. The predicted octanol–water partition coefficient (Wildman–Crippen LogP) is -1.85. The second-order valence-corrected chi connectivity index (χ2v) is 3.87. The average Bonchev–Trinajstić information content (AvgIpc) is 2.15. The van der Waals surface area contributed by atoms with Gasteiger partial charge in [-0.2, -0.15) is 0 Å². The molecule has 1 rings (SSSR count). The van der Waals surface area contributed by atoms with Crippen molar-refractivity contribution in [1.82, 2.24) is 0 Å². The molecular weight excluding hydrogens is 196 g/mol.